The Morgan fingerprint density at radius 1 is 1.21 bits per heavy atom. The van der Waals surface area contributed by atoms with Gasteiger partial charge in [0, 0.05) is 18.8 Å². The molecule has 1 aliphatic rings. The standard InChI is InChI=1S/C11H19N3/c1-10-11(2)14(9-12-10)8-7-13-5-3-4-6-13/h9H,3-8H2,1-2H3. The zero-order chi connectivity index (χ0) is 9.97. The van der Waals surface area contributed by atoms with Crippen LogP contribution in [0.15, 0.2) is 6.33 Å². The number of nitrogens with zero attached hydrogens (tertiary/aromatic N) is 3. The fourth-order valence-electron chi connectivity index (χ4n) is 2.02. The topological polar surface area (TPSA) is 21.1 Å². The van der Waals surface area contributed by atoms with Crippen molar-refractivity contribution >= 4 is 0 Å². The molecule has 0 bridgehead atoms. The first-order valence-corrected chi connectivity index (χ1v) is 5.48. The Labute approximate surface area is 85.7 Å². The van der Waals surface area contributed by atoms with Gasteiger partial charge in [0.1, 0.15) is 0 Å². The molecule has 2 rings (SSSR count). The summed E-state index contributed by atoms with van der Waals surface area (Å²) in [5.41, 5.74) is 2.47. The molecule has 1 aliphatic heterocycles. The maximum atomic E-state index is 4.31. The van der Waals surface area contributed by atoms with E-state index < -0.39 is 0 Å². The third-order valence-electron chi connectivity index (χ3n) is 3.20. The van der Waals surface area contributed by atoms with E-state index in [1.165, 1.54) is 38.2 Å². The van der Waals surface area contributed by atoms with Gasteiger partial charge in [0.05, 0.1) is 12.0 Å². The number of aryl methyl sites for hydroxylation is 1. The molecule has 0 amide bonds. The second-order valence-electron chi connectivity index (χ2n) is 4.16. The second kappa shape index (κ2) is 4.13. The molecule has 0 unspecified atom stereocenters. The van der Waals surface area contributed by atoms with Crippen LogP contribution in [0.1, 0.15) is 24.2 Å². The van der Waals surface area contributed by atoms with Crippen LogP contribution in [0.25, 0.3) is 0 Å². The quantitative estimate of drug-likeness (QED) is 0.727. The number of rotatable bonds is 3. The van der Waals surface area contributed by atoms with Crippen molar-refractivity contribution in [3.63, 3.8) is 0 Å². The monoisotopic (exact) mass is 193 g/mol. The number of aromatic nitrogens is 2. The molecule has 1 aromatic rings. The molecule has 0 spiro atoms. The highest BCUT2D eigenvalue weighted by atomic mass is 15.2. The van der Waals surface area contributed by atoms with E-state index >= 15 is 0 Å². The van der Waals surface area contributed by atoms with Gasteiger partial charge in [-0.25, -0.2) is 4.98 Å². The minimum Gasteiger partial charge on any atom is -0.333 e. The van der Waals surface area contributed by atoms with Crippen molar-refractivity contribution < 1.29 is 0 Å². The van der Waals surface area contributed by atoms with Crippen molar-refractivity contribution in [1.29, 1.82) is 0 Å². The molecule has 78 valence electrons. The van der Waals surface area contributed by atoms with Gasteiger partial charge in [0.15, 0.2) is 0 Å². The Morgan fingerprint density at radius 2 is 1.93 bits per heavy atom. The van der Waals surface area contributed by atoms with E-state index in [4.69, 9.17) is 0 Å². The van der Waals surface area contributed by atoms with Crippen LogP contribution in [0.3, 0.4) is 0 Å². The van der Waals surface area contributed by atoms with Crippen LogP contribution in [0.5, 0.6) is 0 Å². The molecule has 2 heterocycles. The van der Waals surface area contributed by atoms with Gasteiger partial charge in [-0.1, -0.05) is 0 Å². The van der Waals surface area contributed by atoms with Gasteiger partial charge in [0.2, 0.25) is 0 Å². The minimum absolute atomic E-state index is 1.09. The van der Waals surface area contributed by atoms with Crippen LogP contribution in [-0.2, 0) is 6.54 Å². The lowest BCUT2D eigenvalue weighted by atomic mass is 10.4. The molecule has 0 aromatic carbocycles. The van der Waals surface area contributed by atoms with Gasteiger partial charge in [-0.15, -0.1) is 0 Å². The molecule has 0 radical (unpaired) electrons. The van der Waals surface area contributed by atoms with E-state index in [1.54, 1.807) is 0 Å². The van der Waals surface area contributed by atoms with Crippen molar-refractivity contribution in [2.24, 2.45) is 0 Å². The molecular formula is C11H19N3. The Bertz CT molecular complexity index is 297. The normalized spacial score (nSPS) is 17.9. The third kappa shape index (κ3) is 1.98. The van der Waals surface area contributed by atoms with E-state index in [-0.39, 0.29) is 0 Å². The van der Waals surface area contributed by atoms with E-state index in [2.05, 4.69) is 28.3 Å². The van der Waals surface area contributed by atoms with Crippen molar-refractivity contribution in [2.75, 3.05) is 19.6 Å². The fourth-order valence-corrected chi connectivity index (χ4v) is 2.02. The Hall–Kier alpha value is -0.830. The van der Waals surface area contributed by atoms with Crippen LogP contribution in [0.4, 0.5) is 0 Å². The first kappa shape index (κ1) is 9.71. The van der Waals surface area contributed by atoms with E-state index in [9.17, 15) is 0 Å². The lowest BCUT2D eigenvalue weighted by molar-refractivity contribution is 0.321. The number of hydrogen-bond acceptors (Lipinski definition) is 2. The molecule has 1 fully saturated rings. The molecule has 3 nitrogen and oxygen atoms in total. The summed E-state index contributed by atoms with van der Waals surface area (Å²) in [6.07, 6.45) is 4.71. The van der Waals surface area contributed by atoms with Crippen LogP contribution in [0.2, 0.25) is 0 Å². The second-order valence-corrected chi connectivity index (χ2v) is 4.16. The fraction of sp³-hybridized carbons (Fsp3) is 0.727. The Kier molecular flexibility index (Phi) is 2.87. The van der Waals surface area contributed by atoms with Gasteiger partial charge in [0.25, 0.3) is 0 Å². The Morgan fingerprint density at radius 3 is 2.50 bits per heavy atom. The van der Waals surface area contributed by atoms with E-state index in [0.29, 0.717) is 0 Å². The Balaban J connectivity index is 1.88. The highest BCUT2D eigenvalue weighted by Crippen LogP contribution is 2.08. The summed E-state index contributed by atoms with van der Waals surface area (Å²) < 4.78 is 2.26. The molecule has 3 heteroatoms. The zero-order valence-corrected chi connectivity index (χ0v) is 9.16. The average molecular weight is 193 g/mol. The van der Waals surface area contributed by atoms with Gasteiger partial charge in [-0.3, -0.25) is 0 Å². The van der Waals surface area contributed by atoms with Crippen molar-refractivity contribution in [2.45, 2.75) is 33.2 Å². The van der Waals surface area contributed by atoms with E-state index in [1.807, 2.05) is 6.33 Å². The summed E-state index contributed by atoms with van der Waals surface area (Å²) in [5.74, 6) is 0. The number of imidazole rings is 1. The predicted octanol–water partition coefficient (Wildman–Crippen LogP) is 1.60. The molecule has 1 saturated heterocycles. The first-order chi connectivity index (χ1) is 6.77. The summed E-state index contributed by atoms with van der Waals surface area (Å²) in [6, 6.07) is 0. The molecule has 14 heavy (non-hydrogen) atoms. The smallest absolute Gasteiger partial charge is 0.0951 e. The zero-order valence-electron chi connectivity index (χ0n) is 9.16. The van der Waals surface area contributed by atoms with Crippen LogP contribution in [-0.4, -0.2) is 34.1 Å². The minimum atomic E-state index is 1.09. The molecule has 0 atom stereocenters. The molecule has 0 saturated carbocycles. The number of hydrogen-bond donors (Lipinski definition) is 0. The van der Waals surface area contributed by atoms with Crippen LogP contribution in [0, 0.1) is 13.8 Å². The first-order valence-electron chi connectivity index (χ1n) is 5.48. The average Bonchev–Trinajstić information content (AvgIpc) is 2.77. The maximum Gasteiger partial charge on any atom is 0.0951 e. The highest BCUT2D eigenvalue weighted by Gasteiger charge is 2.11. The van der Waals surface area contributed by atoms with Gasteiger partial charge in [-0.05, 0) is 39.8 Å². The summed E-state index contributed by atoms with van der Waals surface area (Å²) in [5, 5.41) is 0. The SMILES string of the molecule is Cc1ncn(CCN2CCCC2)c1C. The highest BCUT2D eigenvalue weighted by molar-refractivity contribution is 5.08. The molecule has 0 aliphatic carbocycles. The maximum absolute atomic E-state index is 4.31. The van der Waals surface area contributed by atoms with Crippen molar-refractivity contribution in [3.8, 4) is 0 Å². The third-order valence-corrected chi connectivity index (χ3v) is 3.20. The molecular weight excluding hydrogens is 174 g/mol. The summed E-state index contributed by atoms with van der Waals surface area (Å²) in [4.78, 5) is 6.84. The largest absolute Gasteiger partial charge is 0.333 e. The number of likely N-dealkylation sites (tertiary alicyclic amines) is 1. The van der Waals surface area contributed by atoms with Crippen molar-refractivity contribution in [3.05, 3.63) is 17.7 Å². The molecule has 0 N–H and O–H groups in total. The van der Waals surface area contributed by atoms with Crippen LogP contribution < -0.4 is 0 Å². The lowest BCUT2D eigenvalue weighted by Crippen LogP contribution is -2.24. The molecule has 1 aromatic heterocycles. The van der Waals surface area contributed by atoms with Gasteiger partial charge >= 0.3 is 0 Å². The predicted molar refractivity (Wildman–Crippen MR) is 57.4 cm³/mol. The summed E-state index contributed by atoms with van der Waals surface area (Å²) >= 11 is 0. The van der Waals surface area contributed by atoms with Crippen molar-refractivity contribution in [1.82, 2.24) is 14.5 Å². The summed E-state index contributed by atoms with van der Waals surface area (Å²) in [6.45, 7) is 9.05. The van der Waals surface area contributed by atoms with Gasteiger partial charge in [-0.2, -0.15) is 0 Å². The van der Waals surface area contributed by atoms with Crippen LogP contribution >= 0.6 is 0 Å². The summed E-state index contributed by atoms with van der Waals surface area (Å²) in [7, 11) is 0. The van der Waals surface area contributed by atoms with E-state index in [0.717, 1.165) is 12.2 Å². The lowest BCUT2D eigenvalue weighted by Gasteiger charge is -2.15. The van der Waals surface area contributed by atoms with Gasteiger partial charge < -0.3 is 9.47 Å².